The van der Waals surface area contributed by atoms with Crippen molar-refractivity contribution in [1.82, 2.24) is 14.3 Å². The highest BCUT2D eigenvalue weighted by molar-refractivity contribution is 5.78. The van der Waals surface area contributed by atoms with Crippen LogP contribution in [0.3, 0.4) is 0 Å². The van der Waals surface area contributed by atoms with Crippen molar-refractivity contribution >= 4 is 11.4 Å². The van der Waals surface area contributed by atoms with Crippen LogP contribution in [-0.4, -0.2) is 33.2 Å². The first-order valence-corrected chi connectivity index (χ1v) is 8.99. The second-order valence-corrected chi connectivity index (χ2v) is 8.17. The van der Waals surface area contributed by atoms with Gasteiger partial charge in [0.05, 0.1) is 5.56 Å². The molecule has 1 aliphatic rings. The number of rotatable bonds is 3. The lowest BCUT2D eigenvalue weighted by molar-refractivity contribution is -0.122. The Balaban J connectivity index is 1.87. The Labute approximate surface area is 148 Å². The van der Waals surface area contributed by atoms with E-state index in [1.165, 1.54) is 0 Å². The van der Waals surface area contributed by atoms with E-state index in [9.17, 15) is 9.59 Å². The third-order valence-corrected chi connectivity index (χ3v) is 5.12. The van der Waals surface area contributed by atoms with Crippen LogP contribution in [0.5, 0.6) is 0 Å². The lowest BCUT2D eigenvalue weighted by atomic mass is 9.88. The van der Waals surface area contributed by atoms with E-state index in [1.54, 1.807) is 17.5 Å². The summed E-state index contributed by atoms with van der Waals surface area (Å²) in [7, 11) is 0. The van der Waals surface area contributed by atoms with Gasteiger partial charge in [-0.1, -0.05) is 20.8 Å². The fourth-order valence-electron chi connectivity index (χ4n) is 3.46. The van der Waals surface area contributed by atoms with Crippen LogP contribution in [0.15, 0.2) is 29.3 Å². The first kappa shape index (κ1) is 17.8. The SMILES string of the molecule is CC(=O)[C@@H]1CCCN(Cc2cnc3cc(C(C)(C)C)ccn3c2=O)C1. The number of carbonyl (C=O) groups excluding carboxylic acids is 1. The molecule has 0 bridgehead atoms. The van der Waals surface area contributed by atoms with Gasteiger partial charge >= 0.3 is 0 Å². The summed E-state index contributed by atoms with van der Waals surface area (Å²) in [6.07, 6.45) is 5.47. The summed E-state index contributed by atoms with van der Waals surface area (Å²) in [6, 6.07) is 3.98. The van der Waals surface area contributed by atoms with Gasteiger partial charge in [0.2, 0.25) is 0 Å². The molecule has 0 radical (unpaired) electrons. The number of hydrogen-bond acceptors (Lipinski definition) is 4. The van der Waals surface area contributed by atoms with E-state index < -0.39 is 0 Å². The molecule has 0 saturated carbocycles. The molecule has 1 aliphatic heterocycles. The standard InChI is InChI=1S/C20H27N3O2/c1-14(24)15-6-5-8-22(12-15)13-16-11-21-18-10-17(20(2,3)4)7-9-23(18)19(16)25/h7,9-11,15H,5-6,8,12-13H2,1-4H3/t15-/m1/s1. The molecular formula is C20H27N3O2. The van der Waals surface area contributed by atoms with Crippen LogP contribution >= 0.6 is 0 Å². The van der Waals surface area contributed by atoms with E-state index in [1.807, 2.05) is 18.3 Å². The molecule has 5 nitrogen and oxygen atoms in total. The molecule has 5 heteroatoms. The number of carbonyl (C=O) groups is 1. The summed E-state index contributed by atoms with van der Waals surface area (Å²) >= 11 is 0. The zero-order valence-electron chi connectivity index (χ0n) is 15.6. The average molecular weight is 341 g/mol. The zero-order chi connectivity index (χ0) is 18.2. The molecule has 25 heavy (non-hydrogen) atoms. The maximum atomic E-state index is 12.8. The lowest BCUT2D eigenvalue weighted by Gasteiger charge is -2.31. The van der Waals surface area contributed by atoms with Crippen LogP contribution in [0.1, 0.15) is 51.7 Å². The molecule has 1 saturated heterocycles. The highest BCUT2D eigenvalue weighted by Gasteiger charge is 2.24. The number of hydrogen-bond donors (Lipinski definition) is 0. The van der Waals surface area contributed by atoms with Crippen molar-refractivity contribution in [3.05, 3.63) is 46.0 Å². The minimum Gasteiger partial charge on any atom is -0.300 e. The number of aromatic nitrogens is 2. The average Bonchev–Trinajstić information content (AvgIpc) is 2.56. The maximum Gasteiger partial charge on any atom is 0.262 e. The second-order valence-electron chi connectivity index (χ2n) is 8.17. The van der Waals surface area contributed by atoms with Crippen LogP contribution in [-0.2, 0) is 16.8 Å². The summed E-state index contributed by atoms with van der Waals surface area (Å²) in [5.41, 5.74) is 2.53. The van der Waals surface area contributed by atoms with Gasteiger partial charge in [0, 0.05) is 31.4 Å². The number of pyridine rings is 1. The molecule has 0 aliphatic carbocycles. The van der Waals surface area contributed by atoms with E-state index in [0.29, 0.717) is 17.8 Å². The Bertz CT molecular complexity index is 848. The van der Waals surface area contributed by atoms with E-state index >= 15 is 0 Å². The zero-order valence-corrected chi connectivity index (χ0v) is 15.6. The number of ketones is 1. The normalized spacial score (nSPS) is 19.3. The number of likely N-dealkylation sites (tertiary alicyclic amines) is 1. The van der Waals surface area contributed by atoms with Crippen LogP contribution in [0.2, 0.25) is 0 Å². The first-order valence-electron chi connectivity index (χ1n) is 8.99. The molecular weight excluding hydrogens is 314 g/mol. The molecule has 0 spiro atoms. The monoisotopic (exact) mass is 341 g/mol. The smallest absolute Gasteiger partial charge is 0.262 e. The Hall–Kier alpha value is -2.01. The van der Waals surface area contributed by atoms with Crippen molar-refractivity contribution in [3.63, 3.8) is 0 Å². The van der Waals surface area contributed by atoms with Crippen molar-refractivity contribution in [2.24, 2.45) is 5.92 Å². The van der Waals surface area contributed by atoms with Gasteiger partial charge in [0.1, 0.15) is 11.4 Å². The minimum absolute atomic E-state index is 0.0181. The van der Waals surface area contributed by atoms with Crippen molar-refractivity contribution in [2.45, 2.75) is 52.5 Å². The van der Waals surface area contributed by atoms with Gasteiger partial charge in [0.15, 0.2) is 0 Å². The molecule has 2 aromatic heterocycles. The molecule has 0 aromatic carbocycles. The van der Waals surface area contributed by atoms with Crippen LogP contribution in [0.4, 0.5) is 0 Å². The maximum absolute atomic E-state index is 12.8. The summed E-state index contributed by atoms with van der Waals surface area (Å²) in [4.78, 5) is 31.2. The summed E-state index contributed by atoms with van der Waals surface area (Å²) in [5.74, 6) is 0.340. The van der Waals surface area contributed by atoms with Gasteiger partial charge < -0.3 is 0 Å². The highest BCUT2D eigenvalue weighted by atomic mass is 16.1. The minimum atomic E-state index is -0.0181. The molecule has 2 aromatic rings. The topological polar surface area (TPSA) is 54.7 Å². The Kier molecular flexibility index (Phi) is 4.78. The molecule has 0 N–H and O–H groups in total. The summed E-state index contributed by atoms with van der Waals surface area (Å²) < 4.78 is 1.62. The third kappa shape index (κ3) is 3.82. The summed E-state index contributed by atoms with van der Waals surface area (Å²) in [5, 5.41) is 0. The van der Waals surface area contributed by atoms with Gasteiger partial charge in [-0.2, -0.15) is 0 Å². The molecule has 3 rings (SSSR count). The lowest BCUT2D eigenvalue weighted by Crippen LogP contribution is -2.39. The fraction of sp³-hybridized carbons (Fsp3) is 0.550. The number of piperidine rings is 1. The third-order valence-electron chi connectivity index (χ3n) is 5.12. The Morgan fingerprint density at radius 2 is 2.12 bits per heavy atom. The Morgan fingerprint density at radius 3 is 2.80 bits per heavy atom. The predicted octanol–water partition coefficient (Wildman–Crippen LogP) is 2.79. The number of fused-ring (bicyclic) bond motifs is 1. The first-order chi connectivity index (χ1) is 11.8. The number of Topliss-reactive ketones (excluding diaryl/α,β-unsaturated/α-hetero) is 1. The fourth-order valence-corrected chi connectivity index (χ4v) is 3.46. The highest BCUT2D eigenvalue weighted by Crippen LogP contribution is 2.22. The van der Waals surface area contributed by atoms with Gasteiger partial charge in [-0.15, -0.1) is 0 Å². The quantitative estimate of drug-likeness (QED) is 0.861. The molecule has 3 heterocycles. The molecule has 0 amide bonds. The van der Waals surface area contributed by atoms with E-state index in [-0.39, 0.29) is 22.7 Å². The van der Waals surface area contributed by atoms with E-state index in [0.717, 1.165) is 31.5 Å². The van der Waals surface area contributed by atoms with Crippen molar-refractivity contribution in [3.8, 4) is 0 Å². The predicted molar refractivity (Wildman–Crippen MR) is 98.8 cm³/mol. The van der Waals surface area contributed by atoms with Crippen molar-refractivity contribution in [2.75, 3.05) is 13.1 Å². The largest absolute Gasteiger partial charge is 0.300 e. The van der Waals surface area contributed by atoms with Crippen LogP contribution < -0.4 is 5.56 Å². The molecule has 1 fully saturated rings. The molecule has 0 unspecified atom stereocenters. The van der Waals surface area contributed by atoms with Crippen molar-refractivity contribution < 1.29 is 4.79 Å². The van der Waals surface area contributed by atoms with Gasteiger partial charge in [-0.05, 0) is 49.4 Å². The van der Waals surface area contributed by atoms with Crippen molar-refractivity contribution in [1.29, 1.82) is 0 Å². The summed E-state index contributed by atoms with van der Waals surface area (Å²) in [6.45, 7) is 10.3. The van der Waals surface area contributed by atoms with Crippen LogP contribution in [0, 0.1) is 5.92 Å². The van der Waals surface area contributed by atoms with Gasteiger partial charge in [-0.25, -0.2) is 4.98 Å². The van der Waals surface area contributed by atoms with Crippen LogP contribution in [0.25, 0.3) is 5.65 Å². The Morgan fingerprint density at radius 1 is 1.36 bits per heavy atom. The number of nitrogens with zero attached hydrogens (tertiary/aromatic N) is 3. The molecule has 1 atom stereocenters. The van der Waals surface area contributed by atoms with E-state index in [4.69, 9.17) is 0 Å². The second kappa shape index (κ2) is 6.71. The van der Waals surface area contributed by atoms with Gasteiger partial charge in [0.25, 0.3) is 5.56 Å². The van der Waals surface area contributed by atoms with Gasteiger partial charge in [-0.3, -0.25) is 18.9 Å². The van der Waals surface area contributed by atoms with E-state index in [2.05, 4.69) is 30.7 Å². The molecule has 134 valence electrons.